The Morgan fingerprint density at radius 2 is 1.79 bits per heavy atom. The predicted octanol–water partition coefficient (Wildman–Crippen LogP) is 3.56. The molecule has 2 rings (SSSR count). The topological polar surface area (TPSA) is 72.5 Å². The molecule has 0 bridgehead atoms. The number of esters is 1. The maximum absolute atomic E-state index is 12.2. The first-order valence-corrected chi connectivity index (χ1v) is 9.26. The summed E-state index contributed by atoms with van der Waals surface area (Å²) in [7, 11) is -3.54. The summed E-state index contributed by atoms with van der Waals surface area (Å²) in [5.41, 5.74) is 0.975. The van der Waals surface area contributed by atoms with Gasteiger partial charge in [0.2, 0.25) is 10.0 Å². The molecule has 0 fully saturated rings. The molecule has 0 amide bonds. The number of rotatable bonds is 6. The van der Waals surface area contributed by atoms with Crippen LogP contribution in [0.3, 0.4) is 0 Å². The first-order valence-electron chi connectivity index (χ1n) is 7.40. The van der Waals surface area contributed by atoms with Crippen LogP contribution in [0.1, 0.15) is 35.9 Å². The average molecular weight is 368 g/mol. The second-order valence-electron chi connectivity index (χ2n) is 5.09. The summed E-state index contributed by atoms with van der Waals surface area (Å²) in [5, 5.41) is 0.518. The molecule has 7 heteroatoms. The molecule has 2 aromatic carbocycles. The summed E-state index contributed by atoms with van der Waals surface area (Å²) < 4.78 is 31.5. The van der Waals surface area contributed by atoms with Gasteiger partial charge < -0.3 is 4.74 Å². The average Bonchev–Trinajstić information content (AvgIpc) is 2.55. The van der Waals surface area contributed by atoms with Crippen molar-refractivity contribution in [1.29, 1.82) is 0 Å². The van der Waals surface area contributed by atoms with Crippen LogP contribution in [0, 0.1) is 0 Å². The molecule has 1 N–H and O–H groups in total. The van der Waals surface area contributed by atoms with E-state index >= 15 is 0 Å². The van der Waals surface area contributed by atoms with Crippen LogP contribution in [0.15, 0.2) is 53.4 Å². The van der Waals surface area contributed by atoms with Crippen LogP contribution in [-0.4, -0.2) is 20.9 Å². The standard InChI is InChI=1S/C17H18ClNO4S/c1-3-19-24(21,22)14-10-8-13(9-11-14)17(20)23-12(2)15-6-4-5-7-16(15)18/h4-12,19H,3H2,1-2H3. The van der Waals surface area contributed by atoms with Gasteiger partial charge in [-0.1, -0.05) is 36.7 Å². The summed E-state index contributed by atoms with van der Waals surface area (Å²) in [6.45, 7) is 3.71. The smallest absolute Gasteiger partial charge is 0.338 e. The molecule has 1 unspecified atom stereocenters. The van der Waals surface area contributed by atoms with Crippen molar-refractivity contribution in [3.63, 3.8) is 0 Å². The first kappa shape index (κ1) is 18.4. The van der Waals surface area contributed by atoms with Gasteiger partial charge in [-0.3, -0.25) is 0 Å². The van der Waals surface area contributed by atoms with Crippen LogP contribution in [0.5, 0.6) is 0 Å². The van der Waals surface area contributed by atoms with Gasteiger partial charge in [0.1, 0.15) is 6.10 Å². The molecule has 1 atom stereocenters. The number of carbonyl (C=O) groups excluding carboxylic acids is 1. The molecule has 0 radical (unpaired) electrons. The lowest BCUT2D eigenvalue weighted by molar-refractivity contribution is 0.0338. The molecule has 0 heterocycles. The van der Waals surface area contributed by atoms with Crippen LogP contribution in [-0.2, 0) is 14.8 Å². The molecule has 128 valence electrons. The highest BCUT2D eigenvalue weighted by Crippen LogP contribution is 2.26. The van der Waals surface area contributed by atoms with E-state index in [9.17, 15) is 13.2 Å². The number of sulfonamides is 1. The van der Waals surface area contributed by atoms with E-state index in [1.54, 1.807) is 32.0 Å². The molecule has 24 heavy (non-hydrogen) atoms. The Balaban J connectivity index is 2.12. The van der Waals surface area contributed by atoms with E-state index in [0.29, 0.717) is 17.1 Å². The molecule has 0 aliphatic heterocycles. The second kappa shape index (κ2) is 7.79. The van der Waals surface area contributed by atoms with Gasteiger partial charge in [-0.2, -0.15) is 0 Å². The maximum Gasteiger partial charge on any atom is 0.338 e. The zero-order valence-electron chi connectivity index (χ0n) is 13.3. The van der Waals surface area contributed by atoms with Gasteiger partial charge in [0.15, 0.2) is 0 Å². The Labute approximate surface area is 146 Å². The zero-order valence-corrected chi connectivity index (χ0v) is 14.9. The Morgan fingerprint density at radius 3 is 2.38 bits per heavy atom. The fourth-order valence-corrected chi connectivity index (χ4v) is 3.47. The van der Waals surface area contributed by atoms with Crippen molar-refractivity contribution < 1.29 is 17.9 Å². The molecule has 2 aromatic rings. The van der Waals surface area contributed by atoms with Crippen LogP contribution in [0.2, 0.25) is 5.02 Å². The minimum absolute atomic E-state index is 0.0973. The molecule has 0 aromatic heterocycles. The third-order valence-electron chi connectivity index (χ3n) is 3.36. The van der Waals surface area contributed by atoms with E-state index in [2.05, 4.69) is 4.72 Å². The van der Waals surface area contributed by atoms with E-state index in [0.717, 1.165) is 0 Å². The molecule has 0 aliphatic rings. The highest BCUT2D eigenvalue weighted by molar-refractivity contribution is 7.89. The van der Waals surface area contributed by atoms with Crippen molar-refractivity contribution in [1.82, 2.24) is 4.72 Å². The Bertz CT molecular complexity index is 819. The highest BCUT2D eigenvalue weighted by Gasteiger charge is 2.17. The van der Waals surface area contributed by atoms with Gasteiger partial charge in [0.05, 0.1) is 10.5 Å². The maximum atomic E-state index is 12.2. The quantitative estimate of drug-likeness (QED) is 0.792. The minimum atomic E-state index is -3.54. The molecular weight excluding hydrogens is 350 g/mol. The van der Waals surface area contributed by atoms with Crippen molar-refractivity contribution >= 4 is 27.6 Å². The number of hydrogen-bond acceptors (Lipinski definition) is 4. The third-order valence-corrected chi connectivity index (χ3v) is 5.27. The Morgan fingerprint density at radius 1 is 1.17 bits per heavy atom. The summed E-state index contributed by atoms with van der Waals surface area (Å²) in [4.78, 5) is 12.3. The van der Waals surface area contributed by atoms with Gasteiger partial charge in [-0.05, 0) is 37.3 Å². The number of benzene rings is 2. The molecule has 5 nitrogen and oxygen atoms in total. The normalized spacial score (nSPS) is 12.6. The minimum Gasteiger partial charge on any atom is -0.454 e. The zero-order chi connectivity index (χ0) is 17.7. The molecule has 0 saturated heterocycles. The fraction of sp³-hybridized carbons (Fsp3) is 0.235. The number of halogens is 1. The summed E-state index contributed by atoms with van der Waals surface area (Å²) in [5.74, 6) is -0.546. The van der Waals surface area contributed by atoms with E-state index in [1.165, 1.54) is 24.3 Å². The lowest BCUT2D eigenvalue weighted by Crippen LogP contribution is -2.23. The van der Waals surface area contributed by atoms with Crippen molar-refractivity contribution in [2.45, 2.75) is 24.8 Å². The third kappa shape index (κ3) is 4.35. The fourth-order valence-electron chi connectivity index (χ4n) is 2.14. The lowest BCUT2D eigenvalue weighted by Gasteiger charge is -2.15. The van der Waals surface area contributed by atoms with E-state index in [1.807, 2.05) is 6.07 Å². The van der Waals surface area contributed by atoms with Gasteiger partial charge in [0, 0.05) is 17.1 Å². The van der Waals surface area contributed by atoms with Gasteiger partial charge in [-0.15, -0.1) is 0 Å². The molecular formula is C17H18ClNO4S. The van der Waals surface area contributed by atoms with Crippen molar-refractivity contribution in [2.75, 3.05) is 6.54 Å². The van der Waals surface area contributed by atoms with Gasteiger partial charge >= 0.3 is 5.97 Å². The van der Waals surface area contributed by atoms with Crippen LogP contribution in [0.25, 0.3) is 0 Å². The van der Waals surface area contributed by atoms with Crippen LogP contribution < -0.4 is 4.72 Å². The van der Waals surface area contributed by atoms with Gasteiger partial charge in [0.25, 0.3) is 0 Å². The largest absolute Gasteiger partial charge is 0.454 e. The van der Waals surface area contributed by atoms with Crippen molar-refractivity contribution in [2.24, 2.45) is 0 Å². The predicted molar refractivity (Wildman–Crippen MR) is 92.6 cm³/mol. The summed E-state index contributed by atoms with van der Waals surface area (Å²) in [6, 6.07) is 12.7. The number of nitrogens with one attached hydrogen (secondary N) is 1. The molecule has 0 saturated carbocycles. The van der Waals surface area contributed by atoms with E-state index in [4.69, 9.17) is 16.3 Å². The number of ether oxygens (including phenoxy) is 1. The SMILES string of the molecule is CCNS(=O)(=O)c1ccc(C(=O)OC(C)c2ccccc2Cl)cc1. The van der Waals surface area contributed by atoms with Crippen LogP contribution >= 0.6 is 11.6 Å². The second-order valence-corrected chi connectivity index (χ2v) is 7.27. The van der Waals surface area contributed by atoms with Crippen LogP contribution in [0.4, 0.5) is 0 Å². The molecule has 0 aliphatic carbocycles. The van der Waals surface area contributed by atoms with E-state index in [-0.39, 0.29) is 10.5 Å². The van der Waals surface area contributed by atoms with E-state index < -0.39 is 22.1 Å². The number of carbonyl (C=O) groups is 1. The summed E-state index contributed by atoms with van der Waals surface area (Å²) >= 11 is 6.08. The highest BCUT2D eigenvalue weighted by atomic mass is 35.5. The lowest BCUT2D eigenvalue weighted by atomic mass is 10.1. The molecule has 0 spiro atoms. The van der Waals surface area contributed by atoms with Crippen molar-refractivity contribution in [3.8, 4) is 0 Å². The monoisotopic (exact) mass is 367 g/mol. The Kier molecular flexibility index (Phi) is 5.99. The summed E-state index contributed by atoms with van der Waals surface area (Å²) in [6.07, 6.45) is -0.517. The number of hydrogen-bond donors (Lipinski definition) is 1. The van der Waals surface area contributed by atoms with Gasteiger partial charge in [-0.25, -0.2) is 17.9 Å². The first-order chi connectivity index (χ1) is 11.3. The Hall–Kier alpha value is -1.89. The van der Waals surface area contributed by atoms with Crippen molar-refractivity contribution in [3.05, 3.63) is 64.7 Å².